The van der Waals surface area contributed by atoms with E-state index in [1.807, 2.05) is 0 Å². The molecule has 1 rings (SSSR count). The molecule has 0 aromatic heterocycles. The predicted octanol–water partition coefficient (Wildman–Crippen LogP) is 14.9. The molecule has 1 aliphatic heterocycles. The quantitative estimate of drug-likeness (QED) is 0.0228. The molecule has 426 valence electrons. The Morgan fingerprint density at radius 1 is 0.453 bits per heavy atom. The molecule has 12 heteroatoms. The molecule has 0 bridgehead atoms. The number of allylic oxidation sites excluding steroid dienone is 16. The van der Waals surface area contributed by atoms with Crippen molar-refractivity contribution in [3.63, 3.8) is 0 Å². The molecular weight excluding hydrogens is 949 g/mol. The van der Waals surface area contributed by atoms with Crippen LogP contribution >= 0.6 is 0 Å². The van der Waals surface area contributed by atoms with Crippen molar-refractivity contribution in [3.8, 4) is 0 Å². The van der Waals surface area contributed by atoms with Crippen molar-refractivity contribution in [1.82, 2.24) is 0 Å². The number of carbonyl (C=O) groups excluding carboxylic acids is 3. The van der Waals surface area contributed by atoms with E-state index in [2.05, 4.69) is 118 Å². The highest BCUT2D eigenvalue weighted by molar-refractivity contribution is 5.74. The van der Waals surface area contributed by atoms with E-state index in [9.17, 15) is 34.5 Å². The highest BCUT2D eigenvalue weighted by atomic mass is 16.7. The first kappa shape index (κ1) is 68.7. The average Bonchev–Trinajstić information content (AvgIpc) is 3.39. The van der Waals surface area contributed by atoms with Crippen molar-refractivity contribution in [2.75, 3.05) is 13.2 Å². The first-order valence-electron chi connectivity index (χ1n) is 29.2. The van der Waals surface area contributed by atoms with E-state index in [-0.39, 0.29) is 25.9 Å². The molecule has 1 saturated heterocycles. The van der Waals surface area contributed by atoms with Gasteiger partial charge < -0.3 is 39.0 Å². The number of hydrogen-bond donors (Lipinski definition) is 3. The molecule has 0 saturated carbocycles. The minimum Gasteiger partial charge on any atom is -0.479 e. The van der Waals surface area contributed by atoms with E-state index in [0.29, 0.717) is 19.3 Å². The molecule has 6 atom stereocenters. The second kappa shape index (κ2) is 50.5. The number of esters is 3. The van der Waals surface area contributed by atoms with Crippen molar-refractivity contribution in [1.29, 1.82) is 0 Å². The van der Waals surface area contributed by atoms with E-state index in [1.54, 1.807) is 0 Å². The van der Waals surface area contributed by atoms with Gasteiger partial charge in [0, 0.05) is 19.3 Å². The van der Waals surface area contributed by atoms with Crippen molar-refractivity contribution in [3.05, 3.63) is 97.2 Å². The molecule has 6 unspecified atom stereocenters. The molecule has 0 amide bonds. The lowest BCUT2D eigenvalue weighted by molar-refractivity contribution is -0.301. The average molecular weight is 1050 g/mol. The third kappa shape index (κ3) is 40.6. The number of unbranched alkanes of at least 4 members (excludes halogenated alkanes) is 18. The number of ether oxygens (including phenoxy) is 5. The van der Waals surface area contributed by atoms with Gasteiger partial charge >= 0.3 is 23.9 Å². The SMILES string of the molecule is CC/C=C\C/C=C\C/C=C\C/C=C\CCCCCCC(=O)OC1C(OCC(COC(=O)CCCCCCCCC/C=C\C/C=C\C/C=C\CC)OC(=O)CCCCCCC/C=C\CCCC)OC(C(=O)O)C(O)C1O. The second-order valence-corrected chi connectivity index (χ2v) is 19.5. The summed E-state index contributed by atoms with van der Waals surface area (Å²) >= 11 is 0. The van der Waals surface area contributed by atoms with Crippen molar-refractivity contribution in [2.24, 2.45) is 0 Å². The van der Waals surface area contributed by atoms with E-state index >= 15 is 0 Å². The Hall–Kier alpha value is -4.36. The van der Waals surface area contributed by atoms with Gasteiger partial charge in [-0.15, -0.1) is 0 Å². The van der Waals surface area contributed by atoms with Crippen LogP contribution < -0.4 is 0 Å². The number of carboxylic acid groups (broad SMARTS) is 1. The van der Waals surface area contributed by atoms with Gasteiger partial charge in [-0.1, -0.05) is 195 Å². The van der Waals surface area contributed by atoms with Gasteiger partial charge in [-0.2, -0.15) is 0 Å². The van der Waals surface area contributed by atoms with Gasteiger partial charge in [0.15, 0.2) is 24.6 Å². The first-order valence-corrected chi connectivity index (χ1v) is 29.2. The zero-order valence-corrected chi connectivity index (χ0v) is 46.8. The van der Waals surface area contributed by atoms with Gasteiger partial charge in [0.1, 0.15) is 18.8 Å². The van der Waals surface area contributed by atoms with Crippen LogP contribution in [0.5, 0.6) is 0 Å². The summed E-state index contributed by atoms with van der Waals surface area (Å²) in [5, 5.41) is 31.5. The predicted molar refractivity (Wildman–Crippen MR) is 303 cm³/mol. The third-order valence-electron chi connectivity index (χ3n) is 12.6. The number of hydrogen-bond acceptors (Lipinski definition) is 11. The molecule has 1 heterocycles. The Morgan fingerprint density at radius 2 is 0.840 bits per heavy atom. The lowest BCUT2D eigenvalue weighted by Crippen LogP contribution is -2.61. The van der Waals surface area contributed by atoms with Crippen LogP contribution in [0.4, 0.5) is 0 Å². The number of aliphatic hydroxyl groups is 2. The summed E-state index contributed by atoms with van der Waals surface area (Å²) in [5.41, 5.74) is 0. The molecule has 75 heavy (non-hydrogen) atoms. The highest BCUT2D eigenvalue weighted by Crippen LogP contribution is 2.26. The summed E-state index contributed by atoms with van der Waals surface area (Å²) in [7, 11) is 0. The topological polar surface area (TPSA) is 175 Å². The van der Waals surface area contributed by atoms with Gasteiger partial charge in [0.25, 0.3) is 0 Å². The van der Waals surface area contributed by atoms with E-state index in [4.69, 9.17) is 23.7 Å². The molecule has 12 nitrogen and oxygen atoms in total. The lowest BCUT2D eigenvalue weighted by atomic mass is 9.98. The Bertz CT molecular complexity index is 1670. The van der Waals surface area contributed by atoms with Gasteiger partial charge in [-0.3, -0.25) is 14.4 Å². The van der Waals surface area contributed by atoms with Gasteiger partial charge in [-0.25, -0.2) is 4.79 Å². The summed E-state index contributed by atoms with van der Waals surface area (Å²) in [6.07, 6.45) is 53.8. The lowest BCUT2D eigenvalue weighted by Gasteiger charge is -2.40. The monoisotopic (exact) mass is 1050 g/mol. The number of aliphatic carboxylic acids is 1. The molecular formula is C63H102O12. The van der Waals surface area contributed by atoms with Gasteiger partial charge in [0.05, 0.1) is 6.61 Å². The zero-order chi connectivity index (χ0) is 54.7. The van der Waals surface area contributed by atoms with Crippen molar-refractivity contribution >= 4 is 23.9 Å². The number of aliphatic hydroxyl groups excluding tert-OH is 2. The van der Waals surface area contributed by atoms with Crippen LogP contribution in [-0.2, 0) is 42.9 Å². The smallest absolute Gasteiger partial charge is 0.335 e. The molecule has 1 fully saturated rings. The molecule has 0 spiro atoms. The largest absolute Gasteiger partial charge is 0.479 e. The maximum absolute atomic E-state index is 13.1. The first-order chi connectivity index (χ1) is 36.6. The van der Waals surface area contributed by atoms with Crippen molar-refractivity contribution in [2.45, 2.75) is 263 Å². The normalized spacial score (nSPS) is 18.9. The molecule has 0 radical (unpaired) electrons. The summed E-state index contributed by atoms with van der Waals surface area (Å²) < 4.78 is 28.4. The Kier molecular flexibility index (Phi) is 46.2. The number of carbonyl (C=O) groups is 4. The molecule has 0 aromatic carbocycles. The molecule has 3 N–H and O–H groups in total. The van der Waals surface area contributed by atoms with Crippen LogP contribution in [0.2, 0.25) is 0 Å². The molecule has 0 aliphatic carbocycles. The van der Waals surface area contributed by atoms with Crippen LogP contribution in [0.3, 0.4) is 0 Å². The minimum absolute atomic E-state index is 0.0267. The Labute approximate surface area is 453 Å². The maximum atomic E-state index is 13.1. The van der Waals surface area contributed by atoms with Gasteiger partial charge in [-0.05, 0) is 109 Å². The van der Waals surface area contributed by atoms with E-state index < -0.39 is 67.3 Å². The fourth-order valence-electron chi connectivity index (χ4n) is 8.18. The van der Waals surface area contributed by atoms with Crippen LogP contribution in [0.1, 0.15) is 226 Å². The summed E-state index contributed by atoms with van der Waals surface area (Å²) in [6.45, 7) is 5.69. The fourth-order valence-corrected chi connectivity index (χ4v) is 8.18. The van der Waals surface area contributed by atoms with Gasteiger partial charge in [0.2, 0.25) is 0 Å². The highest BCUT2D eigenvalue weighted by Gasteiger charge is 2.50. The summed E-state index contributed by atoms with van der Waals surface area (Å²) in [4.78, 5) is 51.1. The van der Waals surface area contributed by atoms with Crippen LogP contribution in [0, 0.1) is 0 Å². The summed E-state index contributed by atoms with van der Waals surface area (Å²) in [6, 6.07) is 0. The van der Waals surface area contributed by atoms with Crippen LogP contribution in [-0.4, -0.2) is 89.2 Å². The van der Waals surface area contributed by atoms with E-state index in [0.717, 1.165) is 148 Å². The Balaban J connectivity index is 2.70. The maximum Gasteiger partial charge on any atom is 0.335 e. The fraction of sp³-hybridized carbons (Fsp3) is 0.683. The standard InChI is InChI=1S/C63H102O12/c1-4-7-10-13-16-19-22-24-26-28-30-32-35-37-40-43-46-49-55(64)71-52-54(73-56(65)50-47-44-41-38-34-21-18-15-12-9-6-3)53-72-63-61(59(68)58(67)60(75-63)62(69)70)74-57(66)51-48-45-42-39-36-33-31-29-27-25-23-20-17-14-11-8-5-2/h7-8,10-11,15-20,24-27,31,33,54,58-61,63,67-68H,4-6,9,12-14,21-23,28-30,32,34-53H2,1-3H3,(H,69,70)/b10-7-,11-8-,18-15-,19-16-,20-17-,26-24-,27-25-,33-31-. The second-order valence-electron chi connectivity index (χ2n) is 19.5. The molecule has 1 aliphatic rings. The zero-order valence-electron chi connectivity index (χ0n) is 46.8. The van der Waals surface area contributed by atoms with Crippen LogP contribution in [0.25, 0.3) is 0 Å². The number of carboxylic acids is 1. The van der Waals surface area contributed by atoms with Crippen molar-refractivity contribution < 1.29 is 58.2 Å². The molecule has 0 aromatic rings. The third-order valence-corrected chi connectivity index (χ3v) is 12.6. The number of rotatable bonds is 48. The van der Waals surface area contributed by atoms with E-state index in [1.165, 1.54) is 19.3 Å². The summed E-state index contributed by atoms with van der Waals surface area (Å²) in [5.74, 6) is -3.18. The van der Waals surface area contributed by atoms with Crippen LogP contribution in [0.15, 0.2) is 97.2 Å². The Morgan fingerprint density at radius 3 is 1.29 bits per heavy atom. The minimum atomic E-state index is -1.92.